The van der Waals surface area contributed by atoms with Crippen molar-refractivity contribution in [1.82, 2.24) is 29.7 Å². The Balaban J connectivity index is 1.17. The number of hydrogen-bond acceptors (Lipinski definition) is 7. The van der Waals surface area contributed by atoms with Crippen LogP contribution in [0.1, 0.15) is 64.5 Å². The number of carbonyl (C=O) groups excluding carboxylic acids is 1. The van der Waals surface area contributed by atoms with Crippen LogP contribution in [-0.4, -0.2) is 55.4 Å². The maximum Gasteiger partial charge on any atom is 0.341 e. The third-order valence-corrected chi connectivity index (χ3v) is 8.69. The third kappa shape index (κ3) is 5.51. The number of nitrogens with zero attached hydrogens (tertiary/aromatic N) is 6. The molecular formula is C35H36N6O3. The molecule has 0 saturated heterocycles. The fourth-order valence-corrected chi connectivity index (χ4v) is 6.36. The van der Waals surface area contributed by atoms with Gasteiger partial charge in [-0.15, -0.1) is 5.10 Å². The minimum atomic E-state index is -0.383. The van der Waals surface area contributed by atoms with E-state index in [1.165, 1.54) is 18.2 Å². The van der Waals surface area contributed by atoms with E-state index in [4.69, 9.17) is 9.47 Å². The van der Waals surface area contributed by atoms with Crippen molar-refractivity contribution in [2.24, 2.45) is 7.05 Å². The zero-order chi connectivity index (χ0) is 30.2. The van der Waals surface area contributed by atoms with Gasteiger partial charge in [0.2, 0.25) is 0 Å². The Bertz CT molecular complexity index is 1810. The highest BCUT2D eigenvalue weighted by Crippen LogP contribution is 2.55. The van der Waals surface area contributed by atoms with E-state index in [0.717, 1.165) is 66.4 Å². The van der Waals surface area contributed by atoms with Crippen LogP contribution in [0.4, 0.5) is 0 Å². The van der Waals surface area contributed by atoms with Gasteiger partial charge in [-0.1, -0.05) is 60.7 Å². The molecule has 3 atom stereocenters. The molecule has 0 bridgehead atoms. The Labute approximate surface area is 257 Å². The summed E-state index contributed by atoms with van der Waals surface area (Å²) in [5, 5.41) is 13.1. The molecule has 2 aromatic heterocycles. The van der Waals surface area contributed by atoms with Crippen molar-refractivity contribution < 1.29 is 14.3 Å². The van der Waals surface area contributed by atoms with Crippen LogP contribution in [0.15, 0.2) is 85.2 Å². The van der Waals surface area contributed by atoms with E-state index in [9.17, 15) is 4.79 Å². The molecule has 1 fully saturated rings. The van der Waals surface area contributed by atoms with E-state index < -0.39 is 0 Å². The van der Waals surface area contributed by atoms with E-state index in [0.29, 0.717) is 5.56 Å². The summed E-state index contributed by atoms with van der Waals surface area (Å²) in [6.07, 6.45) is 5.56. The molecule has 0 spiro atoms. The van der Waals surface area contributed by atoms with Gasteiger partial charge in [-0.3, -0.25) is 9.58 Å². The normalized spacial score (nSPS) is 19.6. The lowest BCUT2D eigenvalue weighted by atomic mass is 10.0. The smallest absolute Gasteiger partial charge is 0.341 e. The molecule has 9 heteroatoms. The predicted molar refractivity (Wildman–Crippen MR) is 167 cm³/mol. The summed E-state index contributed by atoms with van der Waals surface area (Å²) >= 11 is 0. The van der Waals surface area contributed by atoms with Gasteiger partial charge in [0.05, 0.1) is 30.4 Å². The molecule has 0 radical (unpaired) electrons. The van der Waals surface area contributed by atoms with Gasteiger partial charge in [-0.2, -0.15) is 5.10 Å². The van der Waals surface area contributed by atoms with Gasteiger partial charge in [-0.05, 0) is 53.8 Å². The number of hydrogen-bond donors (Lipinski definition) is 0. The van der Waals surface area contributed by atoms with E-state index in [-0.39, 0.29) is 23.9 Å². The average Bonchev–Trinajstić information content (AvgIpc) is 3.57. The first-order valence-corrected chi connectivity index (χ1v) is 15.2. The summed E-state index contributed by atoms with van der Waals surface area (Å²) in [5.41, 5.74) is 7.87. The molecule has 44 heavy (non-hydrogen) atoms. The first-order chi connectivity index (χ1) is 21.5. The number of methoxy groups -OCH3 is 1. The highest BCUT2D eigenvalue weighted by molar-refractivity contribution is 5.91. The molecule has 1 aliphatic heterocycles. The van der Waals surface area contributed by atoms with Crippen LogP contribution in [-0.2, 0) is 24.9 Å². The molecule has 3 heterocycles. The molecule has 7 rings (SSSR count). The lowest BCUT2D eigenvalue weighted by Crippen LogP contribution is -2.32. The van der Waals surface area contributed by atoms with Gasteiger partial charge in [0.25, 0.3) is 0 Å². The number of ether oxygens (including phenoxy) is 2. The first kappa shape index (κ1) is 28.0. The molecule has 0 amide bonds. The number of benzene rings is 3. The van der Waals surface area contributed by atoms with E-state index in [1.54, 1.807) is 10.9 Å². The second-order valence-electron chi connectivity index (χ2n) is 11.8. The van der Waals surface area contributed by atoms with Crippen molar-refractivity contribution in [3.8, 4) is 22.6 Å². The molecule has 3 unspecified atom stereocenters. The van der Waals surface area contributed by atoms with Crippen LogP contribution < -0.4 is 4.74 Å². The van der Waals surface area contributed by atoms with E-state index >= 15 is 0 Å². The summed E-state index contributed by atoms with van der Waals surface area (Å²) in [4.78, 5) is 15.2. The van der Waals surface area contributed by atoms with Crippen molar-refractivity contribution >= 4 is 5.97 Å². The lowest BCUT2D eigenvalue weighted by Gasteiger charge is -2.23. The lowest BCUT2D eigenvalue weighted by molar-refractivity contribution is 0.0599. The largest absolute Gasteiger partial charge is 0.489 e. The van der Waals surface area contributed by atoms with Crippen LogP contribution in [0, 0.1) is 0 Å². The van der Waals surface area contributed by atoms with Crippen molar-refractivity contribution in [2.75, 3.05) is 13.7 Å². The Hall–Kier alpha value is -4.76. The maximum absolute atomic E-state index is 12.8. The number of carbonyl (C=O) groups is 1. The second kappa shape index (κ2) is 11.7. The van der Waals surface area contributed by atoms with Crippen molar-refractivity contribution in [2.45, 2.75) is 50.8 Å². The summed E-state index contributed by atoms with van der Waals surface area (Å²) in [6.45, 7) is 4.75. The quantitative estimate of drug-likeness (QED) is 0.209. The summed E-state index contributed by atoms with van der Waals surface area (Å²) in [7, 11) is 3.27. The van der Waals surface area contributed by atoms with E-state index in [2.05, 4.69) is 81.8 Å². The number of fused-ring (bicyclic) bond motifs is 1. The first-order valence-electron chi connectivity index (χ1n) is 15.2. The number of rotatable bonds is 8. The SMILES string of the molecule is CCC1CN(Cc2cccc(-c3cccc(-n4ncc(C(=O)OC)c4C4CC4c4cn(C)nn4)c3)c2)Cc2ccccc2O1. The summed E-state index contributed by atoms with van der Waals surface area (Å²) in [6, 6.07) is 25.4. The fraction of sp³-hybridized carbons (Fsp3) is 0.314. The third-order valence-electron chi connectivity index (χ3n) is 8.69. The van der Waals surface area contributed by atoms with Crippen LogP contribution in [0.2, 0.25) is 0 Å². The van der Waals surface area contributed by atoms with E-state index in [1.807, 2.05) is 36.1 Å². The average molecular weight is 589 g/mol. The molecule has 2 aliphatic rings. The van der Waals surface area contributed by atoms with Crippen molar-refractivity contribution in [3.63, 3.8) is 0 Å². The van der Waals surface area contributed by atoms with Gasteiger partial charge < -0.3 is 9.47 Å². The van der Waals surface area contributed by atoms with Gasteiger partial charge in [0.1, 0.15) is 17.4 Å². The van der Waals surface area contributed by atoms with Crippen LogP contribution in [0.5, 0.6) is 5.75 Å². The van der Waals surface area contributed by atoms with Crippen LogP contribution >= 0.6 is 0 Å². The fourth-order valence-electron chi connectivity index (χ4n) is 6.36. The Kier molecular flexibility index (Phi) is 7.47. The zero-order valence-electron chi connectivity index (χ0n) is 25.3. The standard InChI is InChI=1S/C35H36N6O3/c1-4-28-21-40(20-26-10-5-6-14-33(26)44-28)19-23-9-7-11-24(15-23)25-12-8-13-27(16-25)41-34(31(18-36-41)35(42)43-3)30-17-29(30)32-22-39(2)38-37-32/h5-16,18,22,28-30H,4,17,19-21H2,1-3H3. The number of aromatic nitrogens is 5. The number of aryl methyl sites for hydroxylation is 1. The zero-order valence-corrected chi connectivity index (χ0v) is 25.3. The molecule has 3 aromatic carbocycles. The van der Waals surface area contributed by atoms with Gasteiger partial charge in [0, 0.05) is 50.3 Å². The molecule has 1 saturated carbocycles. The number of para-hydroxylation sites is 1. The van der Waals surface area contributed by atoms with Crippen molar-refractivity contribution in [1.29, 1.82) is 0 Å². The molecule has 1 aliphatic carbocycles. The van der Waals surface area contributed by atoms with Gasteiger partial charge >= 0.3 is 5.97 Å². The number of esters is 1. The van der Waals surface area contributed by atoms with Gasteiger partial charge in [-0.25, -0.2) is 9.48 Å². The Morgan fingerprint density at radius 2 is 1.84 bits per heavy atom. The second-order valence-corrected chi connectivity index (χ2v) is 11.8. The maximum atomic E-state index is 12.8. The molecule has 0 N–H and O–H groups in total. The highest BCUT2D eigenvalue weighted by atomic mass is 16.5. The minimum absolute atomic E-state index is 0.102. The van der Waals surface area contributed by atoms with Gasteiger partial charge in [0.15, 0.2) is 0 Å². The minimum Gasteiger partial charge on any atom is -0.489 e. The topological polar surface area (TPSA) is 87.3 Å². The predicted octanol–water partition coefficient (Wildman–Crippen LogP) is 5.90. The summed E-state index contributed by atoms with van der Waals surface area (Å²) < 4.78 is 15.0. The van der Waals surface area contributed by atoms with Crippen molar-refractivity contribution in [3.05, 3.63) is 113 Å². The molecular weight excluding hydrogens is 552 g/mol. The molecule has 9 nitrogen and oxygen atoms in total. The Morgan fingerprint density at radius 3 is 2.64 bits per heavy atom. The molecule has 5 aromatic rings. The Morgan fingerprint density at radius 1 is 1.02 bits per heavy atom. The highest BCUT2D eigenvalue weighted by Gasteiger charge is 2.46. The summed E-state index contributed by atoms with van der Waals surface area (Å²) in [5.74, 6) is 0.901. The van der Waals surface area contributed by atoms with Crippen LogP contribution in [0.3, 0.4) is 0 Å². The van der Waals surface area contributed by atoms with Crippen LogP contribution in [0.25, 0.3) is 16.8 Å². The monoisotopic (exact) mass is 588 g/mol. The molecule has 224 valence electrons.